The van der Waals surface area contributed by atoms with Crippen LogP contribution in [0.2, 0.25) is 0 Å². The van der Waals surface area contributed by atoms with Crippen LogP contribution in [0.1, 0.15) is 24.2 Å². The van der Waals surface area contributed by atoms with Crippen LogP contribution in [0.4, 0.5) is 8.78 Å². The Hall–Kier alpha value is -2.01. The zero-order valence-electron chi connectivity index (χ0n) is 10.4. The van der Waals surface area contributed by atoms with E-state index in [-0.39, 0.29) is 11.3 Å². The van der Waals surface area contributed by atoms with E-state index in [0.717, 1.165) is 0 Å². The Kier molecular flexibility index (Phi) is 4.06. The van der Waals surface area contributed by atoms with Gasteiger partial charge in [0.25, 0.3) is 0 Å². The van der Waals surface area contributed by atoms with Crippen molar-refractivity contribution < 1.29 is 13.9 Å². The minimum atomic E-state index is -0.571. The van der Waals surface area contributed by atoms with E-state index >= 15 is 0 Å². The molecule has 2 N–H and O–H groups in total. The number of halogens is 2. The Morgan fingerprint density at radius 1 is 1.21 bits per heavy atom. The van der Waals surface area contributed by atoms with Crippen LogP contribution in [-0.4, -0.2) is 10.1 Å². The number of nitrogens with one attached hydrogen (secondary N) is 1. The maximum absolute atomic E-state index is 13.6. The van der Waals surface area contributed by atoms with Crippen molar-refractivity contribution in [2.45, 2.75) is 19.5 Å². The Morgan fingerprint density at radius 2 is 1.89 bits per heavy atom. The van der Waals surface area contributed by atoms with Gasteiger partial charge in [0, 0.05) is 18.2 Å². The van der Waals surface area contributed by atoms with E-state index in [1.807, 2.05) is 0 Å². The molecule has 2 rings (SSSR count). The minimum absolute atomic E-state index is 0.0151. The number of pyridine rings is 1. The second-order valence-corrected chi connectivity index (χ2v) is 4.25. The first kappa shape index (κ1) is 13.4. The van der Waals surface area contributed by atoms with Gasteiger partial charge in [-0.05, 0) is 31.2 Å². The standard InChI is InChI=1S/C14H14F2N2O/c1-9(14-12(15)3-2-4-13(14)16)17-7-10-5-6-11(19)8-18-10/h2-6,8-9,17,19H,7H2,1H3. The average molecular weight is 264 g/mol. The van der Waals surface area contributed by atoms with Gasteiger partial charge >= 0.3 is 0 Å². The molecule has 3 nitrogen and oxygen atoms in total. The molecule has 2 aromatic rings. The third-order valence-corrected chi connectivity index (χ3v) is 2.83. The van der Waals surface area contributed by atoms with E-state index in [9.17, 15) is 8.78 Å². The summed E-state index contributed by atoms with van der Waals surface area (Å²) in [5, 5.41) is 12.1. The van der Waals surface area contributed by atoms with Crippen LogP contribution >= 0.6 is 0 Å². The van der Waals surface area contributed by atoms with Gasteiger partial charge in [0.1, 0.15) is 17.4 Å². The first-order valence-corrected chi connectivity index (χ1v) is 5.89. The highest BCUT2D eigenvalue weighted by Crippen LogP contribution is 2.20. The SMILES string of the molecule is CC(NCc1ccc(O)cn1)c1c(F)cccc1F. The summed E-state index contributed by atoms with van der Waals surface area (Å²) in [5.74, 6) is -1.06. The number of nitrogens with zero attached hydrogens (tertiary/aromatic N) is 1. The summed E-state index contributed by atoms with van der Waals surface area (Å²) < 4.78 is 27.1. The summed E-state index contributed by atoms with van der Waals surface area (Å²) in [6.45, 7) is 2.04. The van der Waals surface area contributed by atoms with Gasteiger partial charge in [-0.1, -0.05) is 6.07 Å². The zero-order valence-corrected chi connectivity index (χ0v) is 10.4. The molecule has 1 atom stereocenters. The zero-order chi connectivity index (χ0) is 13.8. The van der Waals surface area contributed by atoms with Gasteiger partial charge in [-0.3, -0.25) is 4.98 Å². The fraction of sp³-hybridized carbons (Fsp3) is 0.214. The summed E-state index contributed by atoms with van der Waals surface area (Å²) >= 11 is 0. The Balaban J connectivity index is 2.05. The van der Waals surface area contributed by atoms with E-state index in [0.29, 0.717) is 12.2 Å². The van der Waals surface area contributed by atoms with Gasteiger partial charge in [-0.2, -0.15) is 0 Å². The first-order chi connectivity index (χ1) is 9.08. The first-order valence-electron chi connectivity index (χ1n) is 5.89. The van der Waals surface area contributed by atoms with Crippen molar-refractivity contribution in [1.29, 1.82) is 0 Å². The van der Waals surface area contributed by atoms with Gasteiger partial charge in [-0.25, -0.2) is 8.78 Å². The molecule has 5 heteroatoms. The smallest absolute Gasteiger partial charge is 0.133 e. The Labute approximate surface area is 109 Å². The van der Waals surface area contributed by atoms with Crippen molar-refractivity contribution in [1.82, 2.24) is 10.3 Å². The van der Waals surface area contributed by atoms with E-state index in [2.05, 4.69) is 10.3 Å². The molecule has 0 amide bonds. The third-order valence-electron chi connectivity index (χ3n) is 2.83. The number of hydrogen-bond donors (Lipinski definition) is 2. The molecule has 0 saturated carbocycles. The second kappa shape index (κ2) is 5.75. The summed E-state index contributed by atoms with van der Waals surface area (Å²) in [4.78, 5) is 3.99. The maximum Gasteiger partial charge on any atom is 0.133 e. The number of rotatable bonds is 4. The highest BCUT2D eigenvalue weighted by Gasteiger charge is 2.15. The lowest BCUT2D eigenvalue weighted by molar-refractivity contribution is 0.469. The van der Waals surface area contributed by atoms with Gasteiger partial charge in [0.05, 0.1) is 11.9 Å². The van der Waals surface area contributed by atoms with Crippen molar-refractivity contribution in [3.05, 3.63) is 59.4 Å². The van der Waals surface area contributed by atoms with Crippen molar-refractivity contribution in [2.24, 2.45) is 0 Å². The minimum Gasteiger partial charge on any atom is -0.506 e. The van der Waals surface area contributed by atoms with Gasteiger partial charge in [0.15, 0.2) is 0 Å². The van der Waals surface area contributed by atoms with E-state index < -0.39 is 17.7 Å². The summed E-state index contributed by atoms with van der Waals surface area (Å²) in [7, 11) is 0. The molecule has 0 spiro atoms. The molecule has 19 heavy (non-hydrogen) atoms. The summed E-state index contributed by atoms with van der Waals surface area (Å²) in [6, 6.07) is 6.48. The molecule has 1 unspecified atom stereocenters. The molecule has 0 radical (unpaired) electrons. The van der Waals surface area contributed by atoms with Crippen molar-refractivity contribution in [2.75, 3.05) is 0 Å². The molecular formula is C14H14F2N2O. The van der Waals surface area contributed by atoms with Crippen LogP contribution in [0.25, 0.3) is 0 Å². The van der Waals surface area contributed by atoms with Crippen LogP contribution in [0.3, 0.4) is 0 Å². The topological polar surface area (TPSA) is 45.1 Å². The fourth-order valence-electron chi connectivity index (χ4n) is 1.81. The number of benzene rings is 1. The predicted molar refractivity (Wildman–Crippen MR) is 67.5 cm³/mol. The third kappa shape index (κ3) is 3.26. The quantitative estimate of drug-likeness (QED) is 0.892. The number of aromatic nitrogens is 1. The van der Waals surface area contributed by atoms with Crippen molar-refractivity contribution >= 4 is 0 Å². The normalized spacial score (nSPS) is 12.4. The van der Waals surface area contributed by atoms with Gasteiger partial charge in [0.2, 0.25) is 0 Å². The number of aromatic hydroxyl groups is 1. The van der Waals surface area contributed by atoms with E-state index in [1.165, 1.54) is 30.5 Å². The molecule has 0 aliphatic carbocycles. The Morgan fingerprint density at radius 3 is 2.47 bits per heavy atom. The highest BCUT2D eigenvalue weighted by atomic mass is 19.1. The molecule has 0 saturated heterocycles. The van der Waals surface area contributed by atoms with Crippen LogP contribution in [0.5, 0.6) is 5.75 Å². The molecule has 1 aromatic carbocycles. The van der Waals surface area contributed by atoms with E-state index in [4.69, 9.17) is 5.11 Å². The highest BCUT2D eigenvalue weighted by molar-refractivity contribution is 5.23. The molecule has 1 aromatic heterocycles. The monoisotopic (exact) mass is 264 g/mol. The lowest BCUT2D eigenvalue weighted by atomic mass is 10.1. The van der Waals surface area contributed by atoms with Crippen LogP contribution in [0, 0.1) is 11.6 Å². The lowest BCUT2D eigenvalue weighted by Gasteiger charge is -2.15. The molecule has 0 fully saturated rings. The van der Waals surface area contributed by atoms with Gasteiger partial charge < -0.3 is 10.4 Å². The molecule has 0 aliphatic rings. The largest absolute Gasteiger partial charge is 0.506 e. The van der Waals surface area contributed by atoms with Crippen molar-refractivity contribution in [3.8, 4) is 5.75 Å². The fourth-order valence-corrected chi connectivity index (χ4v) is 1.81. The second-order valence-electron chi connectivity index (χ2n) is 4.25. The molecule has 1 heterocycles. The molecule has 0 bridgehead atoms. The van der Waals surface area contributed by atoms with Crippen LogP contribution in [-0.2, 0) is 6.54 Å². The summed E-state index contributed by atoms with van der Waals surface area (Å²) in [5.41, 5.74) is 0.697. The predicted octanol–water partition coefficient (Wildman–Crippen LogP) is 2.92. The lowest BCUT2D eigenvalue weighted by Crippen LogP contribution is -2.20. The molecular weight excluding hydrogens is 250 g/mol. The molecule has 100 valence electrons. The van der Waals surface area contributed by atoms with Gasteiger partial charge in [-0.15, -0.1) is 0 Å². The van der Waals surface area contributed by atoms with E-state index in [1.54, 1.807) is 13.0 Å². The average Bonchev–Trinajstić information content (AvgIpc) is 2.38. The number of hydrogen-bond acceptors (Lipinski definition) is 3. The van der Waals surface area contributed by atoms with Crippen molar-refractivity contribution in [3.63, 3.8) is 0 Å². The van der Waals surface area contributed by atoms with Crippen LogP contribution in [0.15, 0.2) is 36.5 Å². The summed E-state index contributed by atoms with van der Waals surface area (Å²) in [6.07, 6.45) is 1.32. The maximum atomic E-state index is 13.6. The van der Waals surface area contributed by atoms with Crippen LogP contribution < -0.4 is 5.32 Å². The molecule has 0 aliphatic heterocycles. The Bertz CT molecular complexity index is 538.